The molecule has 0 aromatic rings. The molecule has 0 rings (SSSR count). The van der Waals surface area contributed by atoms with E-state index in [0.717, 1.165) is 38.5 Å². The van der Waals surface area contributed by atoms with Gasteiger partial charge in [0.2, 0.25) is 5.91 Å². The first kappa shape index (κ1) is 47.4. The number of rotatable bonds is 38. The number of nitrogens with one attached hydrogen (secondary N) is 1. The Morgan fingerprint density at radius 3 is 1.20 bits per heavy atom. The van der Waals surface area contributed by atoms with Gasteiger partial charge in [0, 0.05) is 6.42 Å². The first-order valence-corrected chi connectivity index (χ1v) is 21.4. The summed E-state index contributed by atoms with van der Waals surface area (Å²) in [5.74, 6) is -0.0802. The van der Waals surface area contributed by atoms with Crippen molar-refractivity contribution < 1.29 is 15.0 Å². The minimum absolute atomic E-state index is 0.0802. The average Bonchev–Trinajstić information content (AvgIpc) is 3.10. The predicted octanol–water partition coefficient (Wildman–Crippen LogP) is 13.2. The molecular formula is C45H83NO3. The number of allylic oxidation sites excluding steroid dienone is 7. The van der Waals surface area contributed by atoms with Gasteiger partial charge in [-0.1, -0.05) is 184 Å². The molecular weight excluding hydrogens is 602 g/mol. The minimum Gasteiger partial charge on any atom is -0.394 e. The molecule has 0 heterocycles. The van der Waals surface area contributed by atoms with Gasteiger partial charge in [0.15, 0.2) is 0 Å². The van der Waals surface area contributed by atoms with Crippen molar-refractivity contribution in [3.05, 3.63) is 48.6 Å². The monoisotopic (exact) mass is 686 g/mol. The summed E-state index contributed by atoms with van der Waals surface area (Å²) in [5.41, 5.74) is 0. The Balaban J connectivity index is 3.59. The fourth-order valence-electron chi connectivity index (χ4n) is 6.20. The summed E-state index contributed by atoms with van der Waals surface area (Å²) in [7, 11) is 0. The molecule has 0 saturated heterocycles. The highest BCUT2D eigenvalue weighted by molar-refractivity contribution is 5.76. The summed E-state index contributed by atoms with van der Waals surface area (Å²) in [6.07, 6.45) is 55.0. The van der Waals surface area contributed by atoms with Crippen molar-refractivity contribution >= 4 is 5.91 Å². The van der Waals surface area contributed by atoms with Crippen LogP contribution < -0.4 is 5.32 Å². The van der Waals surface area contributed by atoms with Crippen LogP contribution in [0.2, 0.25) is 0 Å². The topological polar surface area (TPSA) is 69.6 Å². The van der Waals surface area contributed by atoms with Gasteiger partial charge < -0.3 is 15.5 Å². The number of carbonyl (C=O) groups excluding carboxylic acids is 1. The van der Waals surface area contributed by atoms with E-state index in [9.17, 15) is 15.0 Å². The van der Waals surface area contributed by atoms with E-state index in [0.29, 0.717) is 6.42 Å². The number of carbonyl (C=O) groups is 1. The average molecular weight is 686 g/mol. The molecule has 0 aromatic carbocycles. The number of unbranched alkanes of at least 4 members (excludes halogenated alkanes) is 25. The van der Waals surface area contributed by atoms with Crippen molar-refractivity contribution in [2.75, 3.05) is 6.61 Å². The van der Waals surface area contributed by atoms with E-state index in [-0.39, 0.29) is 12.5 Å². The fraction of sp³-hybridized carbons (Fsp3) is 0.800. The van der Waals surface area contributed by atoms with Crippen LogP contribution in [0.3, 0.4) is 0 Å². The molecule has 0 saturated carbocycles. The summed E-state index contributed by atoms with van der Waals surface area (Å²) in [6.45, 7) is 4.27. The van der Waals surface area contributed by atoms with Crippen molar-refractivity contribution in [1.82, 2.24) is 5.32 Å². The van der Waals surface area contributed by atoms with Crippen molar-refractivity contribution in [3.8, 4) is 0 Å². The lowest BCUT2D eigenvalue weighted by molar-refractivity contribution is -0.123. The number of aliphatic hydroxyl groups is 2. The van der Waals surface area contributed by atoms with E-state index in [1.807, 2.05) is 6.08 Å². The van der Waals surface area contributed by atoms with Gasteiger partial charge in [-0.15, -0.1) is 0 Å². The third-order valence-electron chi connectivity index (χ3n) is 9.51. The maximum Gasteiger partial charge on any atom is 0.220 e. The maximum absolute atomic E-state index is 12.4. The molecule has 0 spiro atoms. The van der Waals surface area contributed by atoms with Crippen LogP contribution >= 0.6 is 0 Å². The molecule has 0 aliphatic rings. The Labute approximate surface area is 305 Å². The Bertz CT molecular complexity index is 786. The van der Waals surface area contributed by atoms with Crippen LogP contribution in [0.15, 0.2) is 48.6 Å². The molecule has 3 N–H and O–H groups in total. The number of hydrogen-bond acceptors (Lipinski definition) is 3. The molecule has 2 atom stereocenters. The second kappa shape index (κ2) is 40.8. The van der Waals surface area contributed by atoms with E-state index in [1.165, 1.54) is 154 Å². The molecule has 1 amide bonds. The Morgan fingerprint density at radius 2 is 0.796 bits per heavy atom. The quantitative estimate of drug-likeness (QED) is 0.0447. The number of amides is 1. The zero-order chi connectivity index (χ0) is 35.7. The number of aliphatic hydroxyl groups excluding tert-OH is 2. The van der Waals surface area contributed by atoms with Gasteiger partial charge in [0.05, 0.1) is 18.8 Å². The first-order valence-electron chi connectivity index (χ1n) is 21.4. The molecule has 0 aliphatic carbocycles. The molecule has 0 aliphatic heterocycles. The second-order valence-electron chi connectivity index (χ2n) is 14.4. The second-order valence-corrected chi connectivity index (χ2v) is 14.4. The Morgan fingerprint density at radius 1 is 0.469 bits per heavy atom. The lowest BCUT2D eigenvalue weighted by Crippen LogP contribution is -2.45. The normalized spacial score (nSPS) is 13.5. The highest BCUT2D eigenvalue weighted by Gasteiger charge is 2.17. The van der Waals surface area contributed by atoms with Gasteiger partial charge in [-0.05, 0) is 70.6 Å². The number of hydrogen-bond donors (Lipinski definition) is 3. The van der Waals surface area contributed by atoms with E-state index < -0.39 is 12.1 Å². The van der Waals surface area contributed by atoms with Crippen LogP contribution in [0.1, 0.15) is 213 Å². The first-order chi connectivity index (χ1) is 24.2. The zero-order valence-corrected chi connectivity index (χ0v) is 32.7. The van der Waals surface area contributed by atoms with Crippen molar-refractivity contribution in [3.63, 3.8) is 0 Å². The molecule has 0 bridgehead atoms. The van der Waals surface area contributed by atoms with Gasteiger partial charge in [-0.25, -0.2) is 0 Å². The zero-order valence-electron chi connectivity index (χ0n) is 32.7. The molecule has 286 valence electrons. The van der Waals surface area contributed by atoms with Gasteiger partial charge in [-0.3, -0.25) is 4.79 Å². The Hall–Kier alpha value is -1.65. The van der Waals surface area contributed by atoms with E-state index in [1.54, 1.807) is 6.08 Å². The summed E-state index contributed by atoms with van der Waals surface area (Å²) >= 11 is 0. The van der Waals surface area contributed by atoms with Crippen molar-refractivity contribution in [2.45, 2.75) is 225 Å². The van der Waals surface area contributed by atoms with Crippen LogP contribution in [0, 0.1) is 0 Å². The highest BCUT2D eigenvalue weighted by atomic mass is 16.3. The highest BCUT2D eigenvalue weighted by Crippen LogP contribution is 2.14. The molecule has 2 unspecified atom stereocenters. The summed E-state index contributed by atoms with van der Waals surface area (Å²) < 4.78 is 0. The summed E-state index contributed by atoms with van der Waals surface area (Å²) in [6, 6.07) is -0.644. The summed E-state index contributed by atoms with van der Waals surface area (Å²) in [4.78, 5) is 12.4. The third kappa shape index (κ3) is 37.4. The molecule has 49 heavy (non-hydrogen) atoms. The summed E-state index contributed by atoms with van der Waals surface area (Å²) in [5, 5.41) is 22.9. The van der Waals surface area contributed by atoms with Gasteiger partial charge in [-0.2, -0.15) is 0 Å². The van der Waals surface area contributed by atoms with Gasteiger partial charge in [0.1, 0.15) is 0 Å². The van der Waals surface area contributed by atoms with E-state index >= 15 is 0 Å². The van der Waals surface area contributed by atoms with Gasteiger partial charge in [0.25, 0.3) is 0 Å². The Kier molecular flexibility index (Phi) is 39.4. The van der Waals surface area contributed by atoms with Crippen LogP contribution in [-0.4, -0.2) is 34.9 Å². The lowest BCUT2D eigenvalue weighted by Gasteiger charge is -2.19. The SMILES string of the molecule is CCCCCC/C=C/CC/C=C/CC/C=C/C(O)C(CO)NC(=O)CCCCCCCCCCCCC/C=C\CCCCCCCCCC. The van der Waals surface area contributed by atoms with Crippen LogP contribution in [0.25, 0.3) is 0 Å². The van der Waals surface area contributed by atoms with Crippen LogP contribution in [0.5, 0.6) is 0 Å². The van der Waals surface area contributed by atoms with E-state index in [2.05, 4.69) is 55.6 Å². The lowest BCUT2D eigenvalue weighted by atomic mass is 10.0. The fourth-order valence-corrected chi connectivity index (χ4v) is 6.20. The predicted molar refractivity (Wildman–Crippen MR) is 216 cm³/mol. The minimum atomic E-state index is -0.869. The van der Waals surface area contributed by atoms with Crippen molar-refractivity contribution in [1.29, 1.82) is 0 Å². The molecule has 0 radical (unpaired) electrons. The smallest absolute Gasteiger partial charge is 0.220 e. The maximum atomic E-state index is 12.4. The standard InChI is InChI=1S/C45H83NO3/c1-3-5-7-9-11-13-15-17-19-20-21-22-23-24-25-26-27-29-31-33-35-37-39-41-45(49)46-43(42-47)44(48)40-38-36-34-32-30-28-18-16-14-12-10-8-6-4-2/h14,16,20-21,30,32,38,40,43-44,47-48H,3-13,15,17-19,22-29,31,33-37,39,41-42H2,1-2H3,(H,46,49)/b16-14+,21-20-,32-30+,40-38+. The molecule has 4 heteroatoms. The van der Waals surface area contributed by atoms with Crippen molar-refractivity contribution in [2.24, 2.45) is 0 Å². The largest absolute Gasteiger partial charge is 0.394 e. The van der Waals surface area contributed by atoms with Crippen LogP contribution in [0.4, 0.5) is 0 Å². The third-order valence-corrected chi connectivity index (χ3v) is 9.51. The molecule has 4 nitrogen and oxygen atoms in total. The van der Waals surface area contributed by atoms with E-state index in [4.69, 9.17) is 0 Å². The van der Waals surface area contributed by atoms with Gasteiger partial charge >= 0.3 is 0 Å². The molecule has 0 aromatic heterocycles. The molecule has 0 fully saturated rings. The van der Waals surface area contributed by atoms with Crippen LogP contribution in [-0.2, 0) is 4.79 Å².